The summed E-state index contributed by atoms with van der Waals surface area (Å²) >= 11 is 0. The summed E-state index contributed by atoms with van der Waals surface area (Å²) in [4.78, 5) is 14.6. The highest BCUT2D eigenvalue weighted by Gasteiger charge is 2.28. The Morgan fingerprint density at radius 2 is 1.84 bits per heavy atom. The Balaban J connectivity index is 1.74. The number of likely N-dealkylation sites (tertiary alicyclic amines) is 1. The minimum Gasteiger partial charge on any atom is -0.493 e. The lowest BCUT2D eigenvalue weighted by atomic mass is 10.0. The topological polar surface area (TPSA) is 38.8 Å². The molecule has 1 atom stereocenters. The fraction of sp³-hybridized carbons (Fsp3) is 0.286. The van der Waals surface area contributed by atoms with Gasteiger partial charge in [-0.3, -0.25) is 4.79 Å². The predicted molar refractivity (Wildman–Crippen MR) is 98.7 cm³/mol. The van der Waals surface area contributed by atoms with Crippen LogP contribution in [-0.4, -0.2) is 31.6 Å². The van der Waals surface area contributed by atoms with Gasteiger partial charge in [-0.2, -0.15) is 0 Å². The molecule has 130 valence electrons. The Kier molecular flexibility index (Phi) is 5.39. The number of carbonyl (C=O) groups excluding carboxylic acids is 1. The molecule has 1 heterocycles. The van der Waals surface area contributed by atoms with Crippen LogP contribution in [0.4, 0.5) is 0 Å². The van der Waals surface area contributed by atoms with Crippen molar-refractivity contribution in [2.24, 2.45) is 0 Å². The van der Waals surface area contributed by atoms with Crippen molar-refractivity contribution in [3.63, 3.8) is 0 Å². The summed E-state index contributed by atoms with van der Waals surface area (Å²) in [5.41, 5.74) is 2.11. The second kappa shape index (κ2) is 7.88. The summed E-state index contributed by atoms with van der Waals surface area (Å²) in [6.07, 6.45) is 5.52. The van der Waals surface area contributed by atoms with Gasteiger partial charge in [-0.25, -0.2) is 0 Å². The SMILES string of the molecule is COc1ccc(C=CC(=O)N2CCCC2c2ccccc2)cc1OC. The van der Waals surface area contributed by atoms with E-state index in [0.29, 0.717) is 11.5 Å². The second-order valence-electron chi connectivity index (χ2n) is 6.05. The van der Waals surface area contributed by atoms with Crippen LogP contribution in [0.25, 0.3) is 6.08 Å². The molecule has 0 bridgehead atoms. The lowest BCUT2D eigenvalue weighted by Gasteiger charge is -2.23. The van der Waals surface area contributed by atoms with Gasteiger partial charge in [0.15, 0.2) is 11.5 Å². The first-order valence-corrected chi connectivity index (χ1v) is 8.48. The fourth-order valence-corrected chi connectivity index (χ4v) is 3.27. The summed E-state index contributed by atoms with van der Waals surface area (Å²) in [7, 11) is 3.21. The Morgan fingerprint density at radius 1 is 1.08 bits per heavy atom. The Bertz CT molecular complexity index is 755. The maximum absolute atomic E-state index is 12.7. The maximum Gasteiger partial charge on any atom is 0.247 e. The van der Waals surface area contributed by atoms with E-state index in [0.717, 1.165) is 24.9 Å². The predicted octanol–water partition coefficient (Wildman–Crippen LogP) is 4.08. The molecule has 4 nitrogen and oxygen atoms in total. The van der Waals surface area contributed by atoms with Gasteiger partial charge < -0.3 is 14.4 Å². The Labute approximate surface area is 148 Å². The standard InChI is InChI=1S/C21H23NO3/c1-24-19-12-10-16(15-20(19)25-2)11-13-21(23)22-14-6-9-18(22)17-7-4-3-5-8-17/h3-5,7-8,10-13,15,18H,6,9,14H2,1-2H3. The first-order chi connectivity index (χ1) is 12.2. The van der Waals surface area contributed by atoms with Crippen molar-refractivity contribution in [3.8, 4) is 11.5 Å². The number of methoxy groups -OCH3 is 2. The monoisotopic (exact) mass is 337 g/mol. The summed E-state index contributed by atoms with van der Waals surface area (Å²) in [6.45, 7) is 0.800. The zero-order valence-corrected chi connectivity index (χ0v) is 14.6. The molecule has 0 saturated carbocycles. The number of ether oxygens (including phenoxy) is 2. The van der Waals surface area contributed by atoms with Crippen molar-refractivity contribution in [1.82, 2.24) is 4.90 Å². The van der Waals surface area contributed by atoms with Gasteiger partial charge in [-0.15, -0.1) is 0 Å². The molecule has 0 aliphatic carbocycles. The molecular formula is C21H23NO3. The van der Waals surface area contributed by atoms with Gasteiger partial charge in [0.1, 0.15) is 0 Å². The van der Waals surface area contributed by atoms with Gasteiger partial charge in [0.2, 0.25) is 5.91 Å². The number of hydrogen-bond donors (Lipinski definition) is 0. The molecule has 1 aliphatic rings. The molecule has 1 fully saturated rings. The quantitative estimate of drug-likeness (QED) is 0.772. The van der Waals surface area contributed by atoms with Gasteiger partial charge in [-0.1, -0.05) is 36.4 Å². The maximum atomic E-state index is 12.7. The third-order valence-electron chi connectivity index (χ3n) is 4.55. The molecule has 1 saturated heterocycles. The van der Waals surface area contributed by atoms with Crippen LogP contribution in [0.3, 0.4) is 0 Å². The van der Waals surface area contributed by atoms with Crippen molar-refractivity contribution < 1.29 is 14.3 Å². The van der Waals surface area contributed by atoms with E-state index in [1.54, 1.807) is 20.3 Å². The van der Waals surface area contributed by atoms with E-state index in [4.69, 9.17) is 9.47 Å². The van der Waals surface area contributed by atoms with E-state index in [9.17, 15) is 4.79 Å². The third-order valence-corrected chi connectivity index (χ3v) is 4.55. The van der Waals surface area contributed by atoms with E-state index in [2.05, 4.69) is 12.1 Å². The molecule has 1 unspecified atom stereocenters. The van der Waals surface area contributed by atoms with Crippen LogP contribution < -0.4 is 9.47 Å². The number of nitrogens with zero attached hydrogens (tertiary/aromatic N) is 1. The number of benzene rings is 2. The molecule has 0 aromatic heterocycles. The van der Waals surface area contributed by atoms with E-state index in [1.165, 1.54) is 5.56 Å². The molecule has 0 spiro atoms. The van der Waals surface area contributed by atoms with Crippen LogP contribution in [0.1, 0.15) is 30.0 Å². The van der Waals surface area contributed by atoms with Crippen molar-refractivity contribution in [2.45, 2.75) is 18.9 Å². The highest BCUT2D eigenvalue weighted by molar-refractivity contribution is 5.92. The number of amides is 1. The molecule has 2 aromatic rings. The van der Waals surface area contributed by atoms with Crippen LogP contribution >= 0.6 is 0 Å². The van der Waals surface area contributed by atoms with Crippen molar-refractivity contribution in [2.75, 3.05) is 20.8 Å². The van der Waals surface area contributed by atoms with E-state index in [-0.39, 0.29) is 11.9 Å². The normalized spacial score (nSPS) is 17.0. The van der Waals surface area contributed by atoms with Crippen LogP contribution in [-0.2, 0) is 4.79 Å². The zero-order chi connectivity index (χ0) is 17.6. The third kappa shape index (κ3) is 3.85. The van der Waals surface area contributed by atoms with Crippen LogP contribution in [0, 0.1) is 0 Å². The molecule has 0 N–H and O–H groups in total. The highest BCUT2D eigenvalue weighted by Crippen LogP contribution is 2.32. The summed E-state index contributed by atoms with van der Waals surface area (Å²) < 4.78 is 10.5. The summed E-state index contributed by atoms with van der Waals surface area (Å²) in [5, 5.41) is 0. The van der Waals surface area contributed by atoms with E-state index >= 15 is 0 Å². The van der Waals surface area contributed by atoms with Gasteiger partial charge in [0.25, 0.3) is 0 Å². The molecule has 0 radical (unpaired) electrons. The van der Waals surface area contributed by atoms with Gasteiger partial charge in [0.05, 0.1) is 20.3 Å². The molecule has 2 aromatic carbocycles. The fourth-order valence-electron chi connectivity index (χ4n) is 3.27. The number of rotatable bonds is 5. The minimum absolute atomic E-state index is 0.0427. The molecule has 1 aliphatic heterocycles. The minimum atomic E-state index is 0.0427. The smallest absolute Gasteiger partial charge is 0.247 e. The first kappa shape index (κ1) is 17.1. The largest absolute Gasteiger partial charge is 0.493 e. The first-order valence-electron chi connectivity index (χ1n) is 8.48. The van der Waals surface area contributed by atoms with Crippen LogP contribution in [0.5, 0.6) is 11.5 Å². The van der Waals surface area contributed by atoms with Gasteiger partial charge in [0, 0.05) is 12.6 Å². The van der Waals surface area contributed by atoms with Crippen molar-refractivity contribution >= 4 is 12.0 Å². The van der Waals surface area contributed by atoms with Gasteiger partial charge >= 0.3 is 0 Å². The van der Waals surface area contributed by atoms with Crippen molar-refractivity contribution in [3.05, 3.63) is 65.7 Å². The average molecular weight is 337 g/mol. The molecule has 3 rings (SSSR count). The van der Waals surface area contributed by atoms with Crippen molar-refractivity contribution in [1.29, 1.82) is 0 Å². The lowest BCUT2D eigenvalue weighted by Crippen LogP contribution is -2.28. The van der Waals surface area contributed by atoms with E-state index < -0.39 is 0 Å². The Morgan fingerprint density at radius 3 is 2.56 bits per heavy atom. The summed E-state index contributed by atoms with van der Waals surface area (Å²) in [6, 6.07) is 16.0. The van der Waals surface area contributed by atoms with E-state index in [1.807, 2.05) is 47.4 Å². The molecular weight excluding hydrogens is 314 g/mol. The number of hydrogen-bond acceptors (Lipinski definition) is 3. The molecule has 1 amide bonds. The van der Waals surface area contributed by atoms with Gasteiger partial charge in [-0.05, 0) is 42.2 Å². The lowest BCUT2D eigenvalue weighted by molar-refractivity contribution is -0.126. The summed E-state index contributed by atoms with van der Waals surface area (Å²) in [5.74, 6) is 1.37. The number of carbonyl (C=O) groups is 1. The zero-order valence-electron chi connectivity index (χ0n) is 14.6. The molecule has 25 heavy (non-hydrogen) atoms. The Hall–Kier alpha value is -2.75. The second-order valence-corrected chi connectivity index (χ2v) is 6.05. The van der Waals surface area contributed by atoms with Crippen LogP contribution in [0.15, 0.2) is 54.6 Å². The average Bonchev–Trinajstić information content (AvgIpc) is 3.16. The molecule has 4 heteroatoms. The van der Waals surface area contributed by atoms with Crippen LogP contribution in [0.2, 0.25) is 0 Å². The highest BCUT2D eigenvalue weighted by atomic mass is 16.5.